The van der Waals surface area contributed by atoms with Gasteiger partial charge in [0.15, 0.2) is 5.13 Å². The van der Waals surface area contributed by atoms with Gasteiger partial charge in [0.25, 0.3) is 5.91 Å². The van der Waals surface area contributed by atoms with Gasteiger partial charge in [-0.3, -0.25) is 10.1 Å². The Morgan fingerprint density at radius 2 is 1.82 bits per heavy atom. The van der Waals surface area contributed by atoms with Gasteiger partial charge in [0, 0.05) is 29.7 Å². The van der Waals surface area contributed by atoms with E-state index >= 15 is 0 Å². The first kappa shape index (κ1) is 19.8. The van der Waals surface area contributed by atoms with E-state index in [2.05, 4.69) is 15.6 Å². The Labute approximate surface area is 163 Å². The van der Waals surface area contributed by atoms with Crippen molar-refractivity contribution in [2.45, 2.75) is 19.3 Å². The van der Waals surface area contributed by atoms with Crippen molar-refractivity contribution in [2.75, 3.05) is 10.6 Å². The van der Waals surface area contributed by atoms with Crippen LogP contribution in [0.5, 0.6) is 0 Å². The van der Waals surface area contributed by atoms with Gasteiger partial charge in [0.05, 0.1) is 11.3 Å². The van der Waals surface area contributed by atoms with E-state index in [0.29, 0.717) is 22.9 Å². The normalized spacial score (nSPS) is 11.3. The molecule has 0 atom stereocenters. The molecule has 0 aliphatic carbocycles. The lowest BCUT2D eigenvalue weighted by Gasteiger charge is -2.14. The molecule has 3 rings (SSSR count). The molecule has 0 saturated heterocycles. The number of carbonyl (C=O) groups is 1. The topological polar surface area (TPSA) is 80.0 Å². The molecule has 0 aliphatic heterocycles. The summed E-state index contributed by atoms with van der Waals surface area (Å²) < 4.78 is 39.1. The van der Waals surface area contributed by atoms with Crippen molar-refractivity contribution < 1.29 is 18.0 Å². The Bertz CT molecular complexity index is 954. The van der Waals surface area contributed by atoms with Crippen LogP contribution in [0.15, 0.2) is 53.9 Å². The number of halogens is 3. The lowest BCUT2D eigenvalue weighted by atomic mass is 10.1. The first-order valence-corrected chi connectivity index (χ1v) is 9.19. The van der Waals surface area contributed by atoms with Crippen LogP contribution in [0.2, 0.25) is 0 Å². The van der Waals surface area contributed by atoms with Crippen molar-refractivity contribution in [3.63, 3.8) is 0 Å². The standard InChI is InChI=1S/C19H17F3N4OS/c20-19(21,22)15-3-1-2-4-16(15)24-10-12-5-7-13(8-6-12)17(27)26-18-25-14(9-23)11-28-18/h1-8,11,24H,9-10,23H2,(H,25,26,27). The molecule has 5 nitrogen and oxygen atoms in total. The van der Waals surface area contributed by atoms with Gasteiger partial charge in [0.2, 0.25) is 0 Å². The van der Waals surface area contributed by atoms with E-state index < -0.39 is 11.7 Å². The van der Waals surface area contributed by atoms with E-state index in [-0.39, 0.29) is 18.1 Å². The number of nitrogens with two attached hydrogens (primary N) is 1. The molecular weight excluding hydrogens is 389 g/mol. The molecule has 0 spiro atoms. The van der Waals surface area contributed by atoms with E-state index in [1.807, 2.05) is 0 Å². The van der Waals surface area contributed by atoms with Gasteiger partial charge < -0.3 is 11.1 Å². The highest BCUT2D eigenvalue weighted by Crippen LogP contribution is 2.34. The number of rotatable bonds is 6. The molecule has 0 unspecified atom stereocenters. The zero-order valence-electron chi connectivity index (χ0n) is 14.6. The first-order chi connectivity index (χ1) is 13.4. The van der Waals surface area contributed by atoms with Gasteiger partial charge in [0.1, 0.15) is 0 Å². The largest absolute Gasteiger partial charge is 0.418 e. The number of aromatic nitrogens is 1. The molecule has 28 heavy (non-hydrogen) atoms. The predicted molar refractivity (Wildman–Crippen MR) is 103 cm³/mol. The Balaban J connectivity index is 1.63. The lowest BCUT2D eigenvalue weighted by molar-refractivity contribution is -0.137. The number of para-hydroxylation sites is 1. The van der Waals surface area contributed by atoms with Crippen LogP contribution in [-0.4, -0.2) is 10.9 Å². The second-order valence-electron chi connectivity index (χ2n) is 5.90. The Hall–Kier alpha value is -2.91. The summed E-state index contributed by atoms with van der Waals surface area (Å²) in [7, 11) is 0. The second-order valence-corrected chi connectivity index (χ2v) is 6.75. The summed E-state index contributed by atoms with van der Waals surface area (Å²) in [6, 6.07) is 11.9. The maximum Gasteiger partial charge on any atom is 0.418 e. The summed E-state index contributed by atoms with van der Waals surface area (Å²) in [5, 5.41) is 7.71. The van der Waals surface area contributed by atoms with E-state index in [9.17, 15) is 18.0 Å². The van der Waals surface area contributed by atoms with Crippen LogP contribution in [0, 0.1) is 0 Å². The van der Waals surface area contributed by atoms with Gasteiger partial charge >= 0.3 is 6.18 Å². The van der Waals surface area contributed by atoms with Crippen molar-refractivity contribution in [1.82, 2.24) is 4.98 Å². The van der Waals surface area contributed by atoms with E-state index in [1.54, 1.807) is 35.7 Å². The summed E-state index contributed by atoms with van der Waals surface area (Å²) in [4.78, 5) is 16.4. The van der Waals surface area contributed by atoms with Gasteiger partial charge in [-0.15, -0.1) is 11.3 Å². The molecule has 146 valence electrons. The zero-order valence-corrected chi connectivity index (χ0v) is 15.4. The quantitative estimate of drug-likeness (QED) is 0.564. The smallest absolute Gasteiger partial charge is 0.380 e. The summed E-state index contributed by atoms with van der Waals surface area (Å²) in [5.41, 5.74) is 6.64. The SMILES string of the molecule is NCc1csc(NC(=O)c2ccc(CNc3ccccc3C(F)(F)F)cc2)n1. The third-order valence-corrected chi connectivity index (χ3v) is 4.72. The second kappa shape index (κ2) is 8.41. The molecular formula is C19H17F3N4OS. The number of hydrogen-bond donors (Lipinski definition) is 3. The van der Waals surface area contributed by atoms with Crippen LogP contribution < -0.4 is 16.4 Å². The van der Waals surface area contributed by atoms with E-state index in [4.69, 9.17) is 5.73 Å². The van der Waals surface area contributed by atoms with Gasteiger partial charge in [-0.25, -0.2) is 4.98 Å². The number of carbonyl (C=O) groups excluding carboxylic acids is 1. The molecule has 3 aromatic rings. The molecule has 0 radical (unpaired) electrons. The summed E-state index contributed by atoms with van der Waals surface area (Å²) in [6.45, 7) is 0.493. The number of alkyl halides is 3. The van der Waals surface area contributed by atoms with Gasteiger partial charge in [-0.05, 0) is 29.8 Å². The molecule has 2 aromatic carbocycles. The van der Waals surface area contributed by atoms with Crippen molar-refractivity contribution in [3.8, 4) is 0 Å². The highest BCUT2D eigenvalue weighted by atomic mass is 32.1. The van der Waals surface area contributed by atoms with E-state index in [0.717, 1.165) is 11.6 Å². The highest BCUT2D eigenvalue weighted by Gasteiger charge is 2.33. The molecule has 1 amide bonds. The molecule has 4 N–H and O–H groups in total. The fraction of sp³-hybridized carbons (Fsp3) is 0.158. The number of nitrogens with zero attached hydrogens (tertiary/aromatic N) is 1. The number of benzene rings is 2. The summed E-state index contributed by atoms with van der Waals surface area (Å²) in [6.07, 6.45) is -4.43. The van der Waals surface area contributed by atoms with Crippen molar-refractivity contribution >= 4 is 28.1 Å². The molecule has 1 aromatic heterocycles. The Morgan fingerprint density at radius 3 is 2.46 bits per heavy atom. The number of amides is 1. The number of anilines is 2. The van der Waals surface area contributed by atoms with Crippen LogP contribution in [0.1, 0.15) is 27.2 Å². The molecule has 9 heteroatoms. The van der Waals surface area contributed by atoms with Crippen molar-refractivity contribution in [1.29, 1.82) is 0 Å². The molecule has 0 bridgehead atoms. The molecule has 1 heterocycles. The van der Waals surface area contributed by atoms with E-state index in [1.165, 1.54) is 23.5 Å². The summed E-state index contributed by atoms with van der Waals surface area (Å²) in [5.74, 6) is -0.320. The number of nitrogens with one attached hydrogen (secondary N) is 2. The lowest BCUT2D eigenvalue weighted by Crippen LogP contribution is -2.12. The monoisotopic (exact) mass is 406 g/mol. The predicted octanol–water partition coefficient (Wildman–Crippen LogP) is 4.49. The van der Waals surface area contributed by atoms with Gasteiger partial charge in [-0.2, -0.15) is 13.2 Å². The molecule has 0 fully saturated rings. The van der Waals surface area contributed by atoms with Crippen LogP contribution in [0.3, 0.4) is 0 Å². The maximum absolute atomic E-state index is 13.0. The third-order valence-electron chi connectivity index (χ3n) is 3.91. The number of hydrogen-bond acceptors (Lipinski definition) is 5. The fourth-order valence-electron chi connectivity index (χ4n) is 2.48. The average molecular weight is 406 g/mol. The van der Waals surface area contributed by atoms with Crippen LogP contribution in [0.4, 0.5) is 24.0 Å². The Morgan fingerprint density at radius 1 is 1.11 bits per heavy atom. The van der Waals surface area contributed by atoms with Gasteiger partial charge in [-0.1, -0.05) is 24.3 Å². The average Bonchev–Trinajstić information content (AvgIpc) is 3.14. The summed E-state index contributed by atoms with van der Waals surface area (Å²) >= 11 is 1.28. The fourth-order valence-corrected chi connectivity index (χ4v) is 3.20. The zero-order chi connectivity index (χ0) is 20.1. The third kappa shape index (κ3) is 4.87. The minimum atomic E-state index is -4.43. The molecule has 0 saturated carbocycles. The number of thiazole rings is 1. The van der Waals surface area contributed by atoms with Crippen molar-refractivity contribution in [3.05, 3.63) is 76.3 Å². The van der Waals surface area contributed by atoms with Crippen LogP contribution >= 0.6 is 11.3 Å². The van der Waals surface area contributed by atoms with Crippen molar-refractivity contribution in [2.24, 2.45) is 5.73 Å². The Kier molecular flexibility index (Phi) is 5.96. The maximum atomic E-state index is 13.0. The molecule has 0 aliphatic rings. The minimum absolute atomic E-state index is 0.0105. The highest BCUT2D eigenvalue weighted by molar-refractivity contribution is 7.13. The van der Waals surface area contributed by atoms with Crippen LogP contribution in [-0.2, 0) is 19.3 Å². The minimum Gasteiger partial charge on any atom is -0.380 e. The van der Waals surface area contributed by atoms with Crippen LogP contribution in [0.25, 0.3) is 0 Å². The first-order valence-electron chi connectivity index (χ1n) is 8.31.